The lowest BCUT2D eigenvalue weighted by molar-refractivity contribution is 0.306. The van der Waals surface area contributed by atoms with Gasteiger partial charge >= 0.3 is 0 Å². The van der Waals surface area contributed by atoms with E-state index in [2.05, 4.69) is 36.4 Å². The number of fused-ring (bicyclic) bond motifs is 3. The van der Waals surface area contributed by atoms with Crippen molar-refractivity contribution >= 4 is 34.7 Å². The van der Waals surface area contributed by atoms with Gasteiger partial charge in [-0.25, -0.2) is 4.99 Å². The van der Waals surface area contributed by atoms with E-state index in [1.54, 1.807) is 0 Å². The highest BCUT2D eigenvalue weighted by atomic mass is 35.5. The zero-order valence-electron chi connectivity index (χ0n) is 21.6. The van der Waals surface area contributed by atoms with Crippen LogP contribution >= 0.6 is 22.9 Å². The maximum atomic E-state index is 13.9. The molecule has 2 heterocycles. The molecule has 0 saturated carbocycles. The Morgan fingerprint density at radius 2 is 1.65 bits per heavy atom. The summed E-state index contributed by atoms with van der Waals surface area (Å²) in [5.74, 6) is 0.744. The van der Waals surface area contributed by atoms with Gasteiger partial charge < -0.3 is 4.74 Å². The standard InChI is InChI=1S/C34H25ClN2O2S/c35-29-13-7-5-11-25(29)21-39-26-17-14-22(15-18-26)20-30-33(38)37-32(24-9-2-1-3-10-24)28-19-16-23-8-4-6-12-27(23)31(28)36-34(37)40-30/h1-15,17-18,20,32H,16,19,21H2/b30-20+/t32-/m1/s1. The molecular formula is C34H25ClN2O2S. The van der Waals surface area contributed by atoms with Crippen LogP contribution in [0.2, 0.25) is 5.02 Å². The molecule has 1 aromatic heterocycles. The van der Waals surface area contributed by atoms with Crippen molar-refractivity contribution in [1.82, 2.24) is 4.57 Å². The second-order valence-electron chi connectivity index (χ2n) is 9.97. The van der Waals surface area contributed by atoms with Crippen molar-refractivity contribution in [2.45, 2.75) is 25.5 Å². The quantitative estimate of drug-likeness (QED) is 0.245. The molecular weight excluding hydrogens is 536 g/mol. The second kappa shape index (κ2) is 10.4. The third kappa shape index (κ3) is 4.51. The topological polar surface area (TPSA) is 43.6 Å². The lowest BCUT2D eigenvalue weighted by Crippen LogP contribution is -2.38. The molecule has 1 atom stereocenters. The molecule has 2 aliphatic rings. The number of hydrogen-bond acceptors (Lipinski definition) is 4. The van der Waals surface area contributed by atoms with Gasteiger partial charge in [0, 0.05) is 16.1 Å². The summed E-state index contributed by atoms with van der Waals surface area (Å²) in [4.78, 5) is 19.7. The summed E-state index contributed by atoms with van der Waals surface area (Å²) in [6.07, 6.45) is 3.78. The van der Waals surface area contributed by atoms with Crippen molar-refractivity contribution in [3.63, 3.8) is 0 Å². The molecule has 5 aromatic rings. The van der Waals surface area contributed by atoms with Gasteiger partial charge in [-0.1, -0.05) is 108 Å². The summed E-state index contributed by atoms with van der Waals surface area (Å²) in [6.45, 7) is 0.394. The van der Waals surface area contributed by atoms with Crippen LogP contribution in [0, 0.1) is 0 Å². The molecule has 0 radical (unpaired) electrons. The Labute approximate surface area is 240 Å². The molecule has 0 N–H and O–H groups in total. The molecule has 1 aliphatic heterocycles. The number of aryl methyl sites for hydroxylation is 1. The minimum atomic E-state index is -0.163. The summed E-state index contributed by atoms with van der Waals surface area (Å²) in [6, 6.07) is 34.1. The largest absolute Gasteiger partial charge is 0.489 e. The Hall–Kier alpha value is -4.19. The van der Waals surface area contributed by atoms with Gasteiger partial charge in [0.2, 0.25) is 0 Å². The Balaban J connectivity index is 1.27. The SMILES string of the molecule is O=c1/c(=C\c2ccc(OCc3ccccc3Cl)cc2)sc2n1[C@H](c1ccccc1)C1=C(N=2)c2ccccc2CC1. The normalized spacial score (nSPS) is 16.1. The monoisotopic (exact) mass is 560 g/mol. The molecule has 0 bridgehead atoms. The summed E-state index contributed by atoms with van der Waals surface area (Å²) < 4.78 is 8.48. The Bertz CT molecular complexity index is 1940. The number of halogens is 1. The van der Waals surface area contributed by atoms with Gasteiger partial charge in [0.25, 0.3) is 5.56 Å². The molecule has 4 aromatic carbocycles. The number of rotatable bonds is 5. The van der Waals surface area contributed by atoms with E-state index in [-0.39, 0.29) is 11.6 Å². The summed E-state index contributed by atoms with van der Waals surface area (Å²) in [5.41, 5.74) is 7.68. The van der Waals surface area contributed by atoms with Gasteiger partial charge in [-0.05, 0) is 59.4 Å². The van der Waals surface area contributed by atoms with Crippen molar-refractivity contribution in [2.75, 3.05) is 0 Å². The molecule has 7 rings (SSSR count). The maximum Gasteiger partial charge on any atom is 0.271 e. The Kier molecular flexibility index (Phi) is 6.46. The van der Waals surface area contributed by atoms with Crippen LogP contribution in [0.15, 0.2) is 118 Å². The smallest absolute Gasteiger partial charge is 0.271 e. The van der Waals surface area contributed by atoms with Crippen LogP contribution in [-0.4, -0.2) is 4.57 Å². The average Bonchev–Trinajstić information content (AvgIpc) is 3.30. The first-order chi connectivity index (χ1) is 19.7. The van der Waals surface area contributed by atoms with E-state index in [4.69, 9.17) is 21.3 Å². The lowest BCUT2D eigenvalue weighted by atomic mass is 9.83. The van der Waals surface area contributed by atoms with E-state index in [1.165, 1.54) is 28.0 Å². The van der Waals surface area contributed by atoms with E-state index in [1.807, 2.05) is 77.4 Å². The fourth-order valence-corrected chi connectivity index (χ4v) is 6.74. The van der Waals surface area contributed by atoms with Crippen molar-refractivity contribution in [3.05, 3.63) is 161 Å². The lowest BCUT2D eigenvalue weighted by Gasteiger charge is -2.30. The number of allylic oxidation sites excluding steroid dienone is 1. The number of benzene rings is 4. The summed E-state index contributed by atoms with van der Waals surface area (Å²) >= 11 is 7.70. The summed E-state index contributed by atoms with van der Waals surface area (Å²) in [7, 11) is 0. The van der Waals surface area contributed by atoms with Gasteiger partial charge in [-0.15, -0.1) is 0 Å². The molecule has 0 fully saturated rings. The first kappa shape index (κ1) is 24.8. The summed E-state index contributed by atoms with van der Waals surface area (Å²) in [5, 5.41) is 0.688. The average molecular weight is 561 g/mol. The minimum Gasteiger partial charge on any atom is -0.489 e. The first-order valence-corrected chi connectivity index (χ1v) is 14.5. The third-order valence-corrected chi connectivity index (χ3v) is 8.87. The number of hydrogen-bond donors (Lipinski definition) is 0. The number of nitrogens with zero attached hydrogens (tertiary/aromatic N) is 2. The highest BCUT2D eigenvalue weighted by Crippen LogP contribution is 2.41. The van der Waals surface area contributed by atoms with E-state index < -0.39 is 0 Å². The van der Waals surface area contributed by atoms with Gasteiger partial charge in [0.05, 0.1) is 16.3 Å². The second-order valence-corrected chi connectivity index (χ2v) is 11.4. The van der Waals surface area contributed by atoms with E-state index in [0.717, 1.165) is 45.8 Å². The molecule has 4 nitrogen and oxygen atoms in total. The predicted octanol–water partition coefficient (Wildman–Crippen LogP) is 6.55. The Morgan fingerprint density at radius 3 is 2.48 bits per heavy atom. The van der Waals surface area contributed by atoms with Crippen LogP contribution in [0.4, 0.5) is 0 Å². The number of ether oxygens (including phenoxy) is 1. The van der Waals surface area contributed by atoms with E-state index >= 15 is 0 Å². The fraction of sp³-hybridized carbons (Fsp3) is 0.118. The minimum absolute atomic E-state index is 0.0120. The fourth-order valence-electron chi connectivity index (χ4n) is 5.55. The van der Waals surface area contributed by atoms with Crippen LogP contribution in [0.25, 0.3) is 11.8 Å². The van der Waals surface area contributed by atoms with Crippen LogP contribution < -0.4 is 19.6 Å². The molecule has 0 spiro atoms. The van der Waals surface area contributed by atoms with Crippen molar-refractivity contribution < 1.29 is 4.74 Å². The highest BCUT2D eigenvalue weighted by molar-refractivity contribution is 7.07. The maximum absolute atomic E-state index is 13.9. The van der Waals surface area contributed by atoms with Crippen LogP contribution in [0.1, 0.15) is 40.3 Å². The molecule has 40 heavy (non-hydrogen) atoms. The number of thiazole rings is 1. The van der Waals surface area contributed by atoms with Crippen LogP contribution in [-0.2, 0) is 13.0 Å². The first-order valence-electron chi connectivity index (χ1n) is 13.3. The molecule has 0 amide bonds. The van der Waals surface area contributed by atoms with Gasteiger partial charge in [-0.3, -0.25) is 9.36 Å². The van der Waals surface area contributed by atoms with E-state index in [9.17, 15) is 4.79 Å². The zero-order chi connectivity index (χ0) is 27.1. The molecule has 0 saturated heterocycles. The van der Waals surface area contributed by atoms with Crippen molar-refractivity contribution in [1.29, 1.82) is 0 Å². The zero-order valence-corrected chi connectivity index (χ0v) is 23.2. The molecule has 0 unspecified atom stereocenters. The number of aromatic nitrogens is 1. The van der Waals surface area contributed by atoms with Crippen LogP contribution in [0.5, 0.6) is 5.75 Å². The van der Waals surface area contributed by atoms with E-state index in [0.29, 0.717) is 16.2 Å². The van der Waals surface area contributed by atoms with Gasteiger partial charge in [0.1, 0.15) is 12.4 Å². The molecule has 196 valence electrons. The van der Waals surface area contributed by atoms with Crippen molar-refractivity contribution in [3.8, 4) is 5.75 Å². The van der Waals surface area contributed by atoms with Crippen LogP contribution in [0.3, 0.4) is 0 Å². The van der Waals surface area contributed by atoms with Gasteiger partial charge in [0.15, 0.2) is 4.80 Å². The highest BCUT2D eigenvalue weighted by Gasteiger charge is 2.32. The Morgan fingerprint density at radius 1 is 0.900 bits per heavy atom. The predicted molar refractivity (Wildman–Crippen MR) is 161 cm³/mol. The third-order valence-electron chi connectivity index (χ3n) is 7.52. The van der Waals surface area contributed by atoms with Crippen molar-refractivity contribution in [2.24, 2.45) is 4.99 Å². The molecule has 6 heteroatoms. The molecule has 1 aliphatic carbocycles. The van der Waals surface area contributed by atoms with Gasteiger partial charge in [-0.2, -0.15) is 0 Å².